The quantitative estimate of drug-likeness (QED) is 0.837. The highest BCUT2D eigenvalue weighted by Crippen LogP contribution is 2.28. The van der Waals surface area contributed by atoms with E-state index in [1.54, 1.807) is 12.1 Å². The van der Waals surface area contributed by atoms with E-state index < -0.39 is 11.6 Å². The average Bonchev–Trinajstić information content (AvgIpc) is 2.57. The number of nitrogens with zero attached hydrogens (tertiary/aromatic N) is 1. The van der Waals surface area contributed by atoms with Crippen LogP contribution in [0.4, 0.5) is 8.78 Å². The fraction of sp³-hybridized carbons (Fsp3) is 0.368. The molecular weight excluding hydrogens is 312 g/mol. The van der Waals surface area contributed by atoms with E-state index in [9.17, 15) is 8.78 Å². The van der Waals surface area contributed by atoms with Gasteiger partial charge >= 0.3 is 0 Å². The van der Waals surface area contributed by atoms with Gasteiger partial charge in [0.1, 0.15) is 24.0 Å². The first-order valence-corrected chi connectivity index (χ1v) is 8.05. The van der Waals surface area contributed by atoms with Crippen molar-refractivity contribution in [2.24, 2.45) is 0 Å². The minimum atomic E-state index is -0.582. The molecule has 127 valence electrons. The van der Waals surface area contributed by atoms with Crippen LogP contribution in [0, 0.1) is 24.6 Å². The van der Waals surface area contributed by atoms with Crippen LogP contribution in [-0.4, -0.2) is 44.4 Å². The number of morpholine rings is 1. The monoisotopic (exact) mass is 332 g/mol. The second-order valence-corrected chi connectivity index (χ2v) is 5.79. The van der Waals surface area contributed by atoms with Crippen LogP contribution in [-0.2, 0) is 4.74 Å². The Balaban J connectivity index is 1.63. The number of rotatable bonds is 5. The molecule has 1 saturated heterocycles. The zero-order valence-electron chi connectivity index (χ0n) is 13.6. The fourth-order valence-corrected chi connectivity index (χ4v) is 2.77. The number of aryl methyl sites for hydroxylation is 1. The summed E-state index contributed by atoms with van der Waals surface area (Å²) < 4.78 is 38.0. The molecule has 0 unspecified atom stereocenters. The van der Waals surface area contributed by atoms with E-state index in [0.29, 0.717) is 23.5 Å². The molecule has 1 fully saturated rings. The lowest BCUT2D eigenvalue weighted by molar-refractivity contribution is 0.0322. The van der Waals surface area contributed by atoms with E-state index in [0.717, 1.165) is 44.5 Å². The second kappa shape index (κ2) is 7.73. The van der Waals surface area contributed by atoms with Gasteiger partial charge in [-0.3, -0.25) is 4.90 Å². The molecule has 3 nitrogen and oxygen atoms in total. The van der Waals surface area contributed by atoms with Crippen molar-refractivity contribution < 1.29 is 18.3 Å². The third-order valence-corrected chi connectivity index (χ3v) is 4.11. The Kier molecular flexibility index (Phi) is 5.43. The molecule has 24 heavy (non-hydrogen) atoms. The Hall–Kier alpha value is -1.98. The number of hydrogen-bond donors (Lipinski definition) is 0. The van der Waals surface area contributed by atoms with Crippen molar-refractivity contribution in [2.75, 3.05) is 39.5 Å². The summed E-state index contributed by atoms with van der Waals surface area (Å²) in [7, 11) is 0. The molecule has 0 atom stereocenters. The van der Waals surface area contributed by atoms with Gasteiger partial charge < -0.3 is 9.47 Å². The maximum Gasteiger partial charge on any atom is 0.133 e. The van der Waals surface area contributed by atoms with Crippen molar-refractivity contribution in [1.29, 1.82) is 0 Å². The van der Waals surface area contributed by atoms with E-state index in [1.165, 1.54) is 12.1 Å². The van der Waals surface area contributed by atoms with Crippen molar-refractivity contribution in [3.63, 3.8) is 0 Å². The Morgan fingerprint density at radius 1 is 1.12 bits per heavy atom. The molecule has 0 N–H and O–H groups in total. The van der Waals surface area contributed by atoms with E-state index in [-0.39, 0.29) is 0 Å². The molecule has 2 aromatic carbocycles. The van der Waals surface area contributed by atoms with E-state index in [4.69, 9.17) is 9.47 Å². The summed E-state index contributed by atoms with van der Waals surface area (Å²) in [6, 6.07) is 10.3. The largest absolute Gasteiger partial charge is 0.492 e. The van der Waals surface area contributed by atoms with Gasteiger partial charge in [0.25, 0.3) is 0 Å². The van der Waals surface area contributed by atoms with Crippen molar-refractivity contribution in [1.82, 2.24) is 4.90 Å². The minimum Gasteiger partial charge on any atom is -0.492 e. The van der Waals surface area contributed by atoms with Crippen LogP contribution in [0.5, 0.6) is 5.75 Å². The molecule has 0 spiro atoms. The molecule has 0 aromatic heterocycles. The summed E-state index contributed by atoms with van der Waals surface area (Å²) in [5, 5.41) is 0. The minimum absolute atomic E-state index is 0.366. The van der Waals surface area contributed by atoms with Gasteiger partial charge in [0.05, 0.1) is 13.2 Å². The first-order chi connectivity index (χ1) is 11.6. The Morgan fingerprint density at radius 3 is 2.58 bits per heavy atom. The highest BCUT2D eigenvalue weighted by atomic mass is 19.1. The maximum absolute atomic E-state index is 13.9. The van der Waals surface area contributed by atoms with Gasteiger partial charge in [-0.05, 0) is 36.2 Å². The standard InChI is InChI=1S/C19H20F2NO2/c1-14-12-16(24-11-8-22-6-9-23-10-7-22)3-5-17(14)18-4-2-15(20)13-19(18)21/h2-5,13H,6-11H2,1H3. The lowest BCUT2D eigenvalue weighted by atomic mass is 10.00. The second-order valence-electron chi connectivity index (χ2n) is 5.79. The molecule has 1 heterocycles. The van der Waals surface area contributed by atoms with Gasteiger partial charge in [-0.25, -0.2) is 8.78 Å². The Bertz CT molecular complexity index is 700. The molecule has 1 aliphatic heterocycles. The number of hydrogen-bond acceptors (Lipinski definition) is 3. The van der Waals surface area contributed by atoms with Crippen LogP contribution in [0.2, 0.25) is 0 Å². The van der Waals surface area contributed by atoms with Crippen molar-refractivity contribution in [3.05, 3.63) is 53.6 Å². The van der Waals surface area contributed by atoms with Crippen molar-refractivity contribution in [3.8, 4) is 16.9 Å². The van der Waals surface area contributed by atoms with Gasteiger partial charge in [-0.1, -0.05) is 6.07 Å². The molecular formula is C19H20F2NO2. The predicted molar refractivity (Wildman–Crippen MR) is 88.1 cm³/mol. The summed E-state index contributed by atoms with van der Waals surface area (Å²) in [5.41, 5.74) is 1.82. The highest BCUT2D eigenvalue weighted by Gasteiger charge is 2.12. The molecule has 0 amide bonds. The van der Waals surface area contributed by atoms with Crippen LogP contribution >= 0.6 is 0 Å². The fourth-order valence-electron chi connectivity index (χ4n) is 2.77. The van der Waals surface area contributed by atoms with Crippen LogP contribution in [0.25, 0.3) is 11.1 Å². The summed E-state index contributed by atoms with van der Waals surface area (Å²) in [6.07, 6.45) is 0. The normalized spacial score (nSPS) is 15.5. The topological polar surface area (TPSA) is 21.7 Å². The van der Waals surface area contributed by atoms with Gasteiger partial charge in [0.2, 0.25) is 0 Å². The van der Waals surface area contributed by atoms with Gasteiger partial charge in [-0.15, -0.1) is 0 Å². The summed E-state index contributed by atoms with van der Waals surface area (Å²) in [5.74, 6) is -0.527. The molecule has 1 radical (unpaired) electrons. The number of ether oxygens (including phenoxy) is 2. The SMILES string of the molecule is Cc1[c]c(OCCN2CCOCC2)ccc1-c1ccc(F)cc1F. The van der Waals surface area contributed by atoms with Gasteiger partial charge in [-0.2, -0.15) is 0 Å². The molecule has 2 aromatic rings. The van der Waals surface area contributed by atoms with E-state index in [1.807, 2.05) is 6.92 Å². The zero-order valence-corrected chi connectivity index (χ0v) is 13.6. The maximum atomic E-state index is 13.9. The van der Waals surface area contributed by atoms with Gasteiger partial charge in [0, 0.05) is 37.3 Å². The van der Waals surface area contributed by atoms with Gasteiger partial charge in [0.15, 0.2) is 0 Å². The molecule has 3 rings (SSSR count). The van der Waals surface area contributed by atoms with E-state index >= 15 is 0 Å². The Morgan fingerprint density at radius 2 is 1.88 bits per heavy atom. The molecule has 0 saturated carbocycles. The third kappa shape index (κ3) is 4.10. The Labute approximate surface area is 140 Å². The summed E-state index contributed by atoms with van der Waals surface area (Å²) in [6.45, 7) is 6.63. The van der Waals surface area contributed by atoms with E-state index in [2.05, 4.69) is 11.0 Å². The molecule has 1 aliphatic rings. The van der Waals surface area contributed by atoms with Crippen molar-refractivity contribution >= 4 is 0 Å². The molecule has 5 heteroatoms. The van der Waals surface area contributed by atoms with Crippen LogP contribution in [0.15, 0.2) is 30.3 Å². The van der Waals surface area contributed by atoms with Crippen LogP contribution in [0.1, 0.15) is 5.56 Å². The zero-order chi connectivity index (χ0) is 16.9. The van der Waals surface area contributed by atoms with Crippen LogP contribution in [0.3, 0.4) is 0 Å². The third-order valence-electron chi connectivity index (χ3n) is 4.11. The molecule has 0 bridgehead atoms. The lowest BCUT2D eigenvalue weighted by Gasteiger charge is -2.26. The first kappa shape index (κ1) is 16.9. The van der Waals surface area contributed by atoms with Crippen LogP contribution < -0.4 is 4.74 Å². The smallest absolute Gasteiger partial charge is 0.133 e. The summed E-state index contributed by atoms with van der Waals surface area (Å²) >= 11 is 0. The average molecular weight is 332 g/mol. The lowest BCUT2D eigenvalue weighted by Crippen LogP contribution is -2.38. The molecule has 0 aliphatic carbocycles. The highest BCUT2D eigenvalue weighted by molar-refractivity contribution is 5.68. The number of benzene rings is 2. The number of halogens is 2. The van der Waals surface area contributed by atoms with Crippen molar-refractivity contribution in [2.45, 2.75) is 6.92 Å². The summed E-state index contributed by atoms with van der Waals surface area (Å²) in [4.78, 5) is 2.29. The predicted octanol–water partition coefficient (Wildman–Crippen LogP) is 3.45. The first-order valence-electron chi connectivity index (χ1n) is 8.05.